The Balaban J connectivity index is 1.35. The fourth-order valence-corrected chi connectivity index (χ4v) is 3.41. The highest BCUT2D eigenvalue weighted by Crippen LogP contribution is 2.22. The number of allylic oxidation sites excluding steroid dienone is 1. The summed E-state index contributed by atoms with van der Waals surface area (Å²) in [5.41, 5.74) is 2.05. The number of ether oxygens (including phenoxy) is 1. The Labute approximate surface area is 163 Å². The van der Waals surface area contributed by atoms with Crippen molar-refractivity contribution in [1.82, 2.24) is 10.2 Å². The standard InChI is InChI=1S/C21H24N2O5/c24-18(22-12-10-15-6-2-1-3-7-15)14-28-19(25)11-13-23-20(26)16-8-4-5-9-17(16)21(23)27/h4-6,8-9H,1-3,7,10-14H2,(H,22,24). The van der Waals surface area contributed by atoms with Gasteiger partial charge in [-0.3, -0.25) is 24.1 Å². The predicted octanol–water partition coefficient (Wildman–Crippen LogP) is 2.22. The molecule has 1 heterocycles. The first-order valence-corrected chi connectivity index (χ1v) is 9.61. The fraction of sp³-hybridized carbons (Fsp3) is 0.429. The minimum atomic E-state index is -0.623. The zero-order chi connectivity index (χ0) is 19.9. The number of amides is 3. The summed E-state index contributed by atoms with van der Waals surface area (Å²) < 4.78 is 4.94. The molecule has 1 aromatic rings. The smallest absolute Gasteiger partial charge is 0.308 e. The van der Waals surface area contributed by atoms with Crippen LogP contribution in [0.15, 0.2) is 35.9 Å². The van der Waals surface area contributed by atoms with Crippen LogP contribution in [0.5, 0.6) is 0 Å². The van der Waals surface area contributed by atoms with E-state index in [2.05, 4.69) is 11.4 Å². The van der Waals surface area contributed by atoms with Crippen LogP contribution >= 0.6 is 0 Å². The second-order valence-corrected chi connectivity index (χ2v) is 6.93. The van der Waals surface area contributed by atoms with E-state index in [1.54, 1.807) is 24.3 Å². The third-order valence-corrected chi connectivity index (χ3v) is 4.94. The Morgan fingerprint density at radius 2 is 1.79 bits per heavy atom. The molecule has 0 atom stereocenters. The van der Waals surface area contributed by atoms with Gasteiger partial charge in [-0.2, -0.15) is 0 Å². The summed E-state index contributed by atoms with van der Waals surface area (Å²) in [6.45, 7) is 0.0954. The van der Waals surface area contributed by atoms with Gasteiger partial charge in [-0.1, -0.05) is 23.8 Å². The molecule has 0 spiro atoms. The number of rotatable bonds is 8. The lowest BCUT2D eigenvalue weighted by Gasteiger charge is -2.14. The minimum absolute atomic E-state index is 0.0685. The molecule has 1 aliphatic heterocycles. The number of hydrogen-bond acceptors (Lipinski definition) is 5. The maximum Gasteiger partial charge on any atom is 0.308 e. The second-order valence-electron chi connectivity index (χ2n) is 6.93. The van der Waals surface area contributed by atoms with Gasteiger partial charge in [0.25, 0.3) is 17.7 Å². The molecule has 0 unspecified atom stereocenters. The predicted molar refractivity (Wildman–Crippen MR) is 102 cm³/mol. The summed E-state index contributed by atoms with van der Waals surface area (Å²) in [7, 11) is 0. The van der Waals surface area contributed by atoms with Crippen molar-refractivity contribution in [3.63, 3.8) is 0 Å². The van der Waals surface area contributed by atoms with Gasteiger partial charge in [0, 0.05) is 13.1 Å². The van der Waals surface area contributed by atoms with E-state index >= 15 is 0 Å². The third kappa shape index (κ3) is 4.85. The average Bonchev–Trinajstić information content (AvgIpc) is 2.96. The van der Waals surface area contributed by atoms with Crippen LogP contribution in [0.25, 0.3) is 0 Å². The van der Waals surface area contributed by atoms with Crippen LogP contribution in [-0.4, -0.2) is 48.3 Å². The van der Waals surface area contributed by atoms with Gasteiger partial charge in [0.1, 0.15) is 0 Å². The van der Waals surface area contributed by atoms with E-state index in [0.29, 0.717) is 17.7 Å². The lowest BCUT2D eigenvalue weighted by Crippen LogP contribution is -2.33. The quantitative estimate of drug-likeness (QED) is 0.421. The van der Waals surface area contributed by atoms with Crippen LogP contribution in [-0.2, 0) is 14.3 Å². The van der Waals surface area contributed by atoms with Crippen LogP contribution in [0.1, 0.15) is 59.2 Å². The van der Waals surface area contributed by atoms with Crippen molar-refractivity contribution in [1.29, 1.82) is 0 Å². The van der Waals surface area contributed by atoms with E-state index in [4.69, 9.17) is 4.74 Å². The maximum absolute atomic E-state index is 12.2. The van der Waals surface area contributed by atoms with E-state index in [0.717, 1.165) is 24.2 Å². The Kier molecular flexibility index (Phi) is 6.57. The Bertz CT molecular complexity index is 780. The zero-order valence-electron chi connectivity index (χ0n) is 15.7. The molecule has 28 heavy (non-hydrogen) atoms. The molecule has 0 aromatic heterocycles. The van der Waals surface area contributed by atoms with Crippen molar-refractivity contribution >= 4 is 23.7 Å². The van der Waals surface area contributed by atoms with Crippen LogP contribution in [0.4, 0.5) is 0 Å². The summed E-state index contributed by atoms with van der Waals surface area (Å²) in [5.74, 6) is -1.81. The van der Waals surface area contributed by atoms with Crippen molar-refractivity contribution in [2.75, 3.05) is 19.7 Å². The Morgan fingerprint density at radius 3 is 2.43 bits per heavy atom. The first-order chi connectivity index (χ1) is 13.6. The molecule has 3 amide bonds. The Morgan fingerprint density at radius 1 is 1.07 bits per heavy atom. The number of nitrogens with one attached hydrogen (secondary N) is 1. The molecule has 2 aliphatic rings. The number of hydrogen-bond donors (Lipinski definition) is 1. The monoisotopic (exact) mass is 384 g/mol. The van der Waals surface area contributed by atoms with Gasteiger partial charge < -0.3 is 10.1 Å². The molecule has 0 fully saturated rings. The average molecular weight is 384 g/mol. The molecule has 0 bridgehead atoms. The van der Waals surface area contributed by atoms with Gasteiger partial charge >= 0.3 is 5.97 Å². The van der Waals surface area contributed by atoms with Gasteiger partial charge in [0.2, 0.25) is 0 Å². The number of benzene rings is 1. The molecule has 0 radical (unpaired) electrons. The van der Waals surface area contributed by atoms with Crippen LogP contribution in [0.2, 0.25) is 0 Å². The number of fused-ring (bicyclic) bond motifs is 1. The van der Waals surface area contributed by atoms with Crippen molar-refractivity contribution in [2.24, 2.45) is 0 Å². The molecule has 148 valence electrons. The molecular weight excluding hydrogens is 360 g/mol. The summed E-state index contributed by atoms with van der Waals surface area (Å²) in [6.07, 6.45) is 7.52. The molecular formula is C21H24N2O5. The van der Waals surface area contributed by atoms with E-state index in [9.17, 15) is 19.2 Å². The number of nitrogens with zero attached hydrogens (tertiary/aromatic N) is 1. The summed E-state index contributed by atoms with van der Waals surface area (Å²) in [5, 5.41) is 2.73. The molecule has 3 rings (SSSR count). The normalized spacial score (nSPS) is 15.9. The van der Waals surface area contributed by atoms with Gasteiger partial charge in [-0.15, -0.1) is 0 Å². The van der Waals surface area contributed by atoms with Gasteiger partial charge in [-0.05, 0) is 44.2 Å². The largest absolute Gasteiger partial charge is 0.456 e. The molecule has 7 nitrogen and oxygen atoms in total. The molecule has 1 aliphatic carbocycles. The van der Waals surface area contributed by atoms with E-state index in [-0.39, 0.29) is 25.5 Å². The molecule has 1 N–H and O–H groups in total. The lowest BCUT2D eigenvalue weighted by atomic mass is 9.97. The third-order valence-electron chi connectivity index (χ3n) is 4.94. The minimum Gasteiger partial charge on any atom is -0.456 e. The maximum atomic E-state index is 12.2. The fourth-order valence-electron chi connectivity index (χ4n) is 3.41. The highest BCUT2D eigenvalue weighted by Gasteiger charge is 2.35. The van der Waals surface area contributed by atoms with Crippen molar-refractivity contribution < 1.29 is 23.9 Å². The zero-order valence-corrected chi connectivity index (χ0v) is 15.7. The van der Waals surface area contributed by atoms with Gasteiger partial charge in [-0.25, -0.2) is 0 Å². The summed E-state index contributed by atoms with van der Waals surface area (Å²) >= 11 is 0. The number of carbonyl (C=O) groups excluding carboxylic acids is 4. The van der Waals surface area contributed by atoms with Crippen LogP contribution < -0.4 is 5.32 Å². The van der Waals surface area contributed by atoms with Gasteiger partial charge in [0.15, 0.2) is 6.61 Å². The van der Waals surface area contributed by atoms with Crippen LogP contribution in [0, 0.1) is 0 Å². The number of carbonyl (C=O) groups is 4. The Hall–Kier alpha value is -2.96. The first-order valence-electron chi connectivity index (χ1n) is 9.61. The van der Waals surface area contributed by atoms with Crippen molar-refractivity contribution in [3.05, 3.63) is 47.0 Å². The summed E-state index contributed by atoms with van der Waals surface area (Å²) in [6, 6.07) is 6.54. The van der Waals surface area contributed by atoms with E-state index in [1.807, 2.05) is 0 Å². The van der Waals surface area contributed by atoms with Crippen molar-refractivity contribution in [2.45, 2.75) is 38.5 Å². The van der Waals surface area contributed by atoms with Crippen LogP contribution in [0.3, 0.4) is 0 Å². The molecule has 1 aromatic carbocycles. The number of imide groups is 1. The lowest BCUT2D eigenvalue weighted by molar-refractivity contribution is -0.148. The molecule has 7 heteroatoms. The SMILES string of the molecule is O=C(COC(=O)CCN1C(=O)c2ccccc2C1=O)NCCC1=CCCCC1. The summed E-state index contributed by atoms with van der Waals surface area (Å²) in [4.78, 5) is 49.1. The van der Waals surface area contributed by atoms with Gasteiger partial charge in [0.05, 0.1) is 17.5 Å². The van der Waals surface area contributed by atoms with Crippen molar-refractivity contribution in [3.8, 4) is 0 Å². The number of esters is 1. The topological polar surface area (TPSA) is 92.8 Å². The highest BCUT2D eigenvalue weighted by molar-refractivity contribution is 6.21. The highest BCUT2D eigenvalue weighted by atomic mass is 16.5. The van der Waals surface area contributed by atoms with E-state index in [1.165, 1.54) is 18.4 Å². The first kappa shape index (κ1) is 19.8. The molecule has 0 saturated carbocycles. The molecule has 0 saturated heterocycles. The van der Waals surface area contributed by atoms with E-state index < -0.39 is 17.8 Å². The second kappa shape index (κ2) is 9.30.